The fraction of sp³-hybridized carbons (Fsp3) is 0.519. The molecule has 2 aromatic rings. The molecule has 1 atom stereocenters. The first-order chi connectivity index (χ1) is 15.7. The summed E-state index contributed by atoms with van der Waals surface area (Å²) in [4.78, 5) is 20.8. The number of carbonyl (C=O) groups is 1. The highest BCUT2D eigenvalue weighted by Gasteiger charge is 2.36. The Kier molecular flexibility index (Phi) is 6.35. The van der Waals surface area contributed by atoms with Crippen molar-refractivity contribution in [2.24, 2.45) is 5.92 Å². The van der Waals surface area contributed by atoms with E-state index in [9.17, 15) is 9.90 Å². The molecule has 2 fully saturated rings. The van der Waals surface area contributed by atoms with Crippen LogP contribution in [0.3, 0.4) is 0 Å². The summed E-state index contributed by atoms with van der Waals surface area (Å²) < 4.78 is 0. The number of hydrogen-bond donors (Lipinski definition) is 1. The summed E-state index contributed by atoms with van der Waals surface area (Å²) in [6, 6.07) is 16.3. The largest absolute Gasteiger partial charge is 0.508 e. The molecule has 1 unspecified atom stereocenters. The number of benzene rings is 2. The summed E-state index contributed by atoms with van der Waals surface area (Å²) in [5.41, 5.74) is 3.65. The maximum atomic E-state index is 13.7. The van der Waals surface area contributed by atoms with Gasteiger partial charge < -0.3 is 14.9 Å². The normalized spacial score (nSPS) is 22.6. The second kappa shape index (κ2) is 9.53. The minimum absolute atomic E-state index is 0.198. The molecule has 5 rings (SSSR count). The topological polar surface area (TPSA) is 47.0 Å². The maximum absolute atomic E-state index is 13.7. The Morgan fingerprint density at radius 2 is 1.59 bits per heavy atom. The lowest BCUT2D eigenvalue weighted by atomic mass is 9.86. The van der Waals surface area contributed by atoms with E-state index in [1.54, 1.807) is 12.1 Å². The van der Waals surface area contributed by atoms with E-state index in [0.717, 1.165) is 64.1 Å². The number of hydrogen-bond acceptors (Lipinski definition) is 4. The van der Waals surface area contributed by atoms with Crippen LogP contribution in [0.15, 0.2) is 48.5 Å². The third-order valence-electron chi connectivity index (χ3n) is 7.61. The lowest BCUT2D eigenvalue weighted by molar-refractivity contribution is -0.124. The van der Waals surface area contributed by atoms with E-state index in [1.165, 1.54) is 30.5 Å². The Balaban J connectivity index is 1.28. The van der Waals surface area contributed by atoms with Crippen molar-refractivity contribution in [3.05, 3.63) is 54.1 Å². The van der Waals surface area contributed by atoms with Gasteiger partial charge >= 0.3 is 0 Å². The van der Waals surface area contributed by atoms with Gasteiger partial charge in [0.2, 0.25) is 5.91 Å². The summed E-state index contributed by atoms with van der Waals surface area (Å²) in [5.74, 6) is 0.876. The maximum Gasteiger partial charge on any atom is 0.230 e. The third-order valence-corrected chi connectivity index (χ3v) is 7.61. The monoisotopic (exact) mass is 433 g/mol. The standard InChI is InChI=1S/C27H35N3O2/c31-25-14-12-23(13-15-25)29-18-16-28(17-19-29)20-24-11-10-21-6-4-5-9-26(21)30(24)27(32)22-7-2-1-3-8-22/h4-6,9,12-15,22,24,31H,1-3,7-8,10-11,16-20H2. The molecule has 2 aliphatic heterocycles. The van der Waals surface area contributed by atoms with E-state index in [0.29, 0.717) is 11.7 Å². The van der Waals surface area contributed by atoms with E-state index < -0.39 is 0 Å². The van der Waals surface area contributed by atoms with Gasteiger partial charge in [-0.1, -0.05) is 37.5 Å². The van der Waals surface area contributed by atoms with E-state index in [-0.39, 0.29) is 12.0 Å². The first kappa shape index (κ1) is 21.3. The molecule has 1 saturated heterocycles. The summed E-state index contributed by atoms with van der Waals surface area (Å²) in [7, 11) is 0. The number of nitrogens with zero attached hydrogens (tertiary/aromatic N) is 3. The number of aryl methyl sites for hydroxylation is 1. The van der Waals surface area contributed by atoms with Crippen molar-refractivity contribution in [2.75, 3.05) is 42.5 Å². The molecule has 2 heterocycles. The summed E-state index contributed by atoms with van der Waals surface area (Å²) >= 11 is 0. The van der Waals surface area contributed by atoms with Gasteiger partial charge in [0.25, 0.3) is 0 Å². The lowest BCUT2D eigenvalue weighted by Gasteiger charge is -2.43. The van der Waals surface area contributed by atoms with Gasteiger partial charge in [-0.15, -0.1) is 0 Å². The molecule has 1 aliphatic carbocycles. The van der Waals surface area contributed by atoms with Gasteiger partial charge in [-0.05, 0) is 61.6 Å². The van der Waals surface area contributed by atoms with Gasteiger partial charge in [0, 0.05) is 56.1 Å². The Bertz CT molecular complexity index is 915. The number of piperazine rings is 1. The molecular formula is C27H35N3O2. The molecule has 3 aliphatic rings. The first-order valence-electron chi connectivity index (χ1n) is 12.4. The number of rotatable bonds is 4. The number of fused-ring (bicyclic) bond motifs is 1. The van der Waals surface area contributed by atoms with Crippen LogP contribution in [-0.2, 0) is 11.2 Å². The summed E-state index contributed by atoms with van der Waals surface area (Å²) in [6.45, 7) is 4.92. The van der Waals surface area contributed by atoms with E-state index in [4.69, 9.17) is 0 Å². The van der Waals surface area contributed by atoms with Crippen LogP contribution in [0.5, 0.6) is 5.75 Å². The highest BCUT2D eigenvalue weighted by atomic mass is 16.3. The zero-order valence-corrected chi connectivity index (χ0v) is 19.0. The minimum Gasteiger partial charge on any atom is -0.508 e. The summed E-state index contributed by atoms with van der Waals surface area (Å²) in [5, 5.41) is 9.55. The van der Waals surface area contributed by atoms with Crippen LogP contribution in [0.1, 0.15) is 44.1 Å². The number of aromatic hydroxyl groups is 1. The zero-order chi connectivity index (χ0) is 21.9. The number of carbonyl (C=O) groups excluding carboxylic acids is 1. The fourth-order valence-corrected chi connectivity index (χ4v) is 5.77. The van der Waals surface area contributed by atoms with Gasteiger partial charge in [-0.3, -0.25) is 9.69 Å². The highest BCUT2D eigenvalue weighted by molar-refractivity contribution is 5.97. The summed E-state index contributed by atoms with van der Waals surface area (Å²) in [6.07, 6.45) is 7.86. The number of amides is 1. The van der Waals surface area contributed by atoms with Gasteiger partial charge in [0.05, 0.1) is 0 Å². The third kappa shape index (κ3) is 4.49. The van der Waals surface area contributed by atoms with Crippen LogP contribution in [-0.4, -0.2) is 54.7 Å². The van der Waals surface area contributed by atoms with Crippen LogP contribution in [0.25, 0.3) is 0 Å². The van der Waals surface area contributed by atoms with E-state index >= 15 is 0 Å². The molecule has 170 valence electrons. The second-order valence-corrected chi connectivity index (χ2v) is 9.67. The predicted molar refractivity (Wildman–Crippen MR) is 129 cm³/mol. The molecule has 5 heteroatoms. The van der Waals surface area contributed by atoms with Gasteiger partial charge in [-0.25, -0.2) is 0 Å². The smallest absolute Gasteiger partial charge is 0.230 e. The SMILES string of the molecule is O=C(C1CCCCC1)N1c2ccccc2CCC1CN1CCN(c2ccc(O)cc2)CC1. The number of para-hydroxylation sites is 1. The lowest BCUT2D eigenvalue weighted by Crippen LogP contribution is -2.55. The molecule has 0 bridgehead atoms. The quantitative estimate of drug-likeness (QED) is 0.774. The average Bonchev–Trinajstić information content (AvgIpc) is 2.85. The Labute approximate surface area is 191 Å². The van der Waals surface area contributed by atoms with E-state index in [2.05, 4.69) is 39.0 Å². The van der Waals surface area contributed by atoms with Crippen molar-refractivity contribution < 1.29 is 9.90 Å². The van der Waals surface area contributed by atoms with Crippen molar-refractivity contribution in [1.82, 2.24) is 4.90 Å². The van der Waals surface area contributed by atoms with Gasteiger partial charge in [0.15, 0.2) is 0 Å². The predicted octanol–water partition coefficient (Wildman–Crippen LogP) is 4.44. The Morgan fingerprint density at radius 3 is 2.34 bits per heavy atom. The van der Waals surface area contributed by atoms with Crippen LogP contribution >= 0.6 is 0 Å². The van der Waals surface area contributed by atoms with Crippen LogP contribution < -0.4 is 9.80 Å². The van der Waals surface area contributed by atoms with Crippen LogP contribution in [0, 0.1) is 5.92 Å². The molecule has 0 aromatic heterocycles. The van der Waals surface area contributed by atoms with Crippen molar-refractivity contribution in [2.45, 2.75) is 51.0 Å². The molecule has 0 radical (unpaired) electrons. The van der Waals surface area contributed by atoms with Crippen LogP contribution in [0.4, 0.5) is 11.4 Å². The molecular weight excluding hydrogens is 398 g/mol. The highest BCUT2D eigenvalue weighted by Crippen LogP contribution is 2.35. The Morgan fingerprint density at radius 1 is 0.875 bits per heavy atom. The zero-order valence-electron chi connectivity index (χ0n) is 19.0. The van der Waals surface area contributed by atoms with Gasteiger partial charge in [0.1, 0.15) is 5.75 Å². The number of phenolic OH excluding ortho intramolecular Hbond substituents is 1. The molecule has 5 nitrogen and oxygen atoms in total. The van der Waals surface area contributed by atoms with Crippen molar-refractivity contribution >= 4 is 17.3 Å². The van der Waals surface area contributed by atoms with Gasteiger partial charge in [-0.2, -0.15) is 0 Å². The molecule has 0 spiro atoms. The fourth-order valence-electron chi connectivity index (χ4n) is 5.77. The van der Waals surface area contributed by atoms with Crippen molar-refractivity contribution in [3.63, 3.8) is 0 Å². The number of phenols is 1. The second-order valence-electron chi connectivity index (χ2n) is 9.67. The van der Waals surface area contributed by atoms with Crippen molar-refractivity contribution in [1.29, 1.82) is 0 Å². The van der Waals surface area contributed by atoms with E-state index in [1.807, 2.05) is 12.1 Å². The molecule has 1 amide bonds. The molecule has 32 heavy (non-hydrogen) atoms. The van der Waals surface area contributed by atoms with Crippen LogP contribution in [0.2, 0.25) is 0 Å². The Hall–Kier alpha value is -2.53. The molecule has 1 N–H and O–H groups in total. The first-order valence-corrected chi connectivity index (χ1v) is 12.4. The molecule has 2 aromatic carbocycles. The number of anilines is 2. The van der Waals surface area contributed by atoms with Crippen molar-refractivity contribution in [3.8, 4) is 5.75 Å². The average molecular weight is 434 g/mol. The minimum atomic E-state index is 0.198. The molecule has 1 saturated carbocycles.